The summed E-state index contributed by atoms with van der Waals surface area (Å²) in [5.41, 5.74) is 0.396. The smallest absolute Gasteiger partial charge is 0.0976 e. The van der Waals surface area contributed by atoms with Gasteiger partial charge >= 0.3 is 0 Å². The summed E-state index contributed by atoms with van der Waals surface area (Å²) in [4.78, 5) is 0. The molecule has 3 atom stereocenters. The summed E-state index contributed by atoms with van der Waals surface area (Å²) in [6.07, 6.45) is 4.75. The van der Waals surface area contributed by atoms with Crippen molar-refractivity contribution in [3.8, 4) is 6.07 Å². The van der Waals surface area contributed by atoms with Crippen LogP contribution in [0.3, 0.4) is 0 Å². The molecule has 0 heterocycles. The van der Waals surface area contributed by atoms with Crippen LogP contribution in [0.1, 0.15) is 60.3 Å². The van der Waals surface area contributed by atoms with E-state index in [0.29, 0.717) is 24.2 Å². The first-order valence-electron chi connectivity index (χ1n) is 7.59. The van der Waals surface area contributed by atoms with Crippen LogP contribution in [0.5, 0.6) is 0 Å². The Morgan fingerprint density at radius 3 is 2.58 bits per heavy atom. The highest BCUT2D eigenvalue weighted by Crippen LogP contribution is 2.39. The van der Waals surface area contributed by atoms with E-state index in [-0.39, 0.29) is 6.04 Å². The Morgan fingerprint density at radius 1 is 1.37 bits per heavy atom. The lowest BCUT2D eigenvalue weighted by Crippen LogP contribution is -2.36. The summed E-state index contributed by atoms with van der Waals surface area (Å²) in [5, 5.41) is 12.3. The molecule has 0 amide bonds. The van der Waals surface area contributed by atoms with Gasteiger partial charge < -0.3 is 4.74 Å². The van der Waals surface area contributed by atoms with Gasteiger partial charge in [-0.1, -0.05) is 20.8 Å². The van der Waals surface area contributed by atoms with Crippen LogP contribution in [0.2, 0.25) is 0 Å². The van der Waals surface area contributed by atoms with Gasteiger partial charge in [-0.2, -0.15) is 5.26 Å². The first-order chi connectivity index (χ1) is 8.82. The lowest BCUT2D eigenvalue weighted by molar-refractivity contribution is -0.0246. The minimum atomic E-state index is -0.0889. The van der Waals surface area contributed by atoms with E-state index in [0.717, 1.165) is 25.2 Å². The van der Waals surface area contributed by atoms with E-state index in [9.17, 15) is 0 Å². The predicted octanol–water partition coefficient (Wildman–Crippen LogP) is 3.50. The molecule has 0 radical (unpaired) electrons. The van der Waals surface area contributed by atoms with Crippen LogP contribution in [0.25, 0.3) is 0 Å². The number of nitriles is 1. The molecule has 1 saturated carbocycles. The first kappa shape index (κ1) is 16.5. The van der Waals surface area contributed by atoms with Crippen molar-refractivity contribution < 1.29 is 4.74 Å². The van der Waals surface area contributed by atoms with Crippen LogP contribution in [-0.2, 0) is 4.74 Å². The molecule has 1 aliphatic carbocycles. The average molecular weight is 266 g/mol. The van der Waals surface area contributed by atoms with Gasteiger partial charge in [-0.25, -0.2) is 0 Å². The molecule has 0 bridgehead atoms. The Morgan fingerprint density at radius 2 is 2.05 bits per heavy atom. The molecule has 3 nitrogen and oxygen atoms in total. The quantitative estimate of drug-likeness (QED) is 0.800. The zero-order valence-corrected chi connectivity index (χ0v) is 13.2. The zero-order chi connectivity index (χ0) is 14.5. The minimum absolute atomic E-state index is 0.0889. The topological polar surface area (TPSA) is 45.0 Å². The van der Waals surface area contributed by atoms with Crippen molar-refractivity contribution in [1.82, 2.24) is 5.32 Å². The van der Waals surface area contributed by atoms with Gasteiger partial charge in [-0.15, -0.1) is 0 Å². The molecule has 19 heavy (non-hydrogen) atoms. The summed E-state index contributed by atoms with van der Waals surface area (Å²) < 4.78 is 6.01. The molecule has 1 fully saturated rings. The molecule has 1 rings (SSSR count). The van der Waals surface area contributed by atoms with E-state index < -0.39 is 0 Å². The minimum Gasteiger partial charge on any atom is -0.378 e. The molecular weight excluding hydrogens is 236 g/mol. The molecule has 0 saturated heterocycles. The van der Waals surface area contributed by atoms with Crippen LogP contribution in [-0.4, -0.2) is 24.8 Å². The molecular formula is C16H30N2O. The van der Waals surface area contributed by atoms with E-state index in [4.69, 9.17) is 10.00 Å². The molecule has 0 aliphatic heterocycles. The van der Waals surface area contributed by atoms with Gasteiger partial charge in [0.1, 0.15) is 0 Å². The van der Waals surface area contributed by atoms with Gasteiger partial charge in [-0.3, -0.25) is 5.32 Å². The van der Waals surface area contributed by atoms with E-state index in [2.05, 4.69) is 46.0 Å². The van der Waals surface area contributed by atoms with Gasteiger partial charge in [0.05, 0.1) is 18.2 Å². The average Bonchev–Trinajstić information content (AvgIpc) is 2.24. The van der Waals surface area contributed by atoms with Crippen molar-refractivity contribution in [2.45, 2.75) is 78.5 Å². The summed E-state index contributed by atoms with van der Waals surface area (Å²) in [6.45, 7) is 11.8. The largest absolute Gasteiger partial charge is 0.378 e. The van der Waals surface area contributed by atoms with Crippen LogP contribution < -0.4 is 5.32 Å². The van der Waals surface area contributed by atoms with Crippen LogP contribution in [0.15, 0.2) is 0 Å². The van der Waals surface area contributed by atoms with Crippen LogP contribution in [0.4, 0.5) is 0 Å². The maximum absolute atomic E-state index is 9.07. The van der Waals surface area contributed by atoms with E-state index in [1.165, 1.54) is 6.42 Å². The third-order valence-corrected chi connectivity index (χ3v) is 3.80. The number of nitrogens with one attached hydrogen (secondary N) is 1. The SMILES string of the molecule is CC1CC(OCCC(C#N)NC(C)C)CC(C)(C)C1. The summed E-state index contributed by atoms with van der Waals surface area (Å²) in [5.74, 6) is 0.745. The standard InChI is InChI=1S/C16H30N2O/c1-12(2)18-14(11-17)6-7-19-15-8-13(3)9-16(4,5)10-15/h12-15,18H,6-10H2,1-5H3. The van der Waals surface area contributed by atoms with E-state index >= 15 is 0 Å². The van der Waals surface area contributed by atoms with Crippen molar-refractivity contribution >= 4 is 0 Å². The fraction of sp³-hybridized carbons (Fsp3) is 0.938. The highest BCUT2D eigenvalue weighted by atomic mass is 16.5. The fourth-order valence-corrected chi connectivity index (χ4v) is 3.33. The highest BCUT2D eigenvalue weighted by Gasteiger charge is 2.32. The molecule has 0 spiro atoms. The summed E-state index contributed by atoms with van der Waals surface area (Å²) >= 11 is 0. The Kier molecular flexibility index (Phi) is 6.29. The van der Waals surface area contributed by atoms with Gasteiger partial charge in [0.25, 0.3) is 0 Å². The summed E-state index contributed by atoms with van der Waals surface area (Å²) in [7, 11) is 0. The van der Waals surface area contributed by atoms with Crippen molar-refractivity contribution in [2.75, 3.05) is 6.61 Å². The second-order valence-corrected chi connectivity index (χ2v) is 7.20. The maximum Gasteiger partial charge on any atom is 0.0976 e. The molecule has 1 aliphatic rings. The lowest BCUT2D eigenvalue weighted by atomic mass is 9.71. The van der Waals surface area contributed by atoms with Crippen molar-refractivity contribution in [3.63, 3.8) is 0 Å². The fourth-order valence-electron chi connectivity index (χ4n) is 3.33. The van der Waals surface area contributed by atoms with Crippen molar-refractivity contribution in [1.29, 1.82) is 5.26 Å². The van der Waals surface area contributed by atoms with Crippen LogP contribution >= 0.6 is 0 Å². The molecule has 0 aromatic carbocycles. The molecule has 3 unspecified atom stereocenters. The van der Waals surface area contributed by atoms with Gasteiger partial charge in [0, 0.05) is 12.6 Å². The maximum atomic E-state index is 9.07. The monoisotopic (exact) mass is 266 g/mol. The predicted molar refractivity (Wildman–Crippen MR) is 78.8 cm³/mol. The third kappa shape index (κ3) is 6.40. The molecule has 3 heteroatoms. The van der Waals surface area contributed by atoms with Gasteiger partial charge in [0.2, 0.25) is 0 Å². The van der Waals surface area contributed by atoms with Gasteiger partial charge in [0.15, 0.2) is 0 Å². The van der Waals surface area contributed by atoms with Crippen LogP contribution in [0, 0.1) is 22.7 Å². The number of hydrogen-bond donors (Lipinski definition) is 1. The molecule has 1 N–H and O–H groups in total. The van der Waals surface area contributed by atoms with E-state index in [1.54, 1.807) is 0 Å². The summed E-state index contributed by atoms with van der Waals surface area (Å²) in [6, 6.07) is 2.56. The van der Waals surface area contributed by atoms with Gasteiger partial charge in [-0.05, 0) is 50.9 Å². The van der Waals surface area contributed by atoms with Crippen molar-refractivity contribution in [2.24, 2.45) is 11.3 Å². The number of nitrogens with zero attached hydrogens (tertiary/aromatic N) is 1. The zero-order valence-electron chi connectivity index (χ0n) is 13.2. The second-order valence-electron chi connectivity index (χ2n) is 7.20. The van der Waals surface area contributed by atoms with E-state index in [1.807, 2.05) is 0 Å². The Labute approximate surface area is 118 Å². The second kappa shape index (κ2) is 7.26. The lowest BCUT2D eigenvalue weighted by Gasteiger charge is -2.38. The number of ether oxygens (including phenoxy) is 1. The Bertz CT molecular complexity index is 306. The molecule has 110 valence electrons. The normalized spacial score (nSPS) is 28.1. The Hall–Kier alpha value is -0.590. The molecule has 0 aromatic heterocycles. The highest BCUT2D eigenvalue weighted by molar-refractivity contribution is 4.90. The number of hydrogen-bond acceptors (Lipinski definition) is 3. The molecule has 0 aromatic rings. The Balaban J connectivity index is 2.30. The third-order valence-electron chi connectivity index (χ3n) is 3.80. The van der Waals surface area contributed by atoms with Crippen molar-refractivity contribution in [3.05, 3.63) is 0 Å². The number of rotatable bonds is 6. The first-order valence-corrected chi connectivity index (χ1v) is 7.59.